The van der Waals surface area contributed by atoms with Crippen molar-refractivity contribution in [2.75, 3.05) is 10.6 Å². The monoisotopic (exact) mass is 489 g/mol. The van der Waals surface area contributed by atoms with Gasteiger partial charge in [0.25, 0.3) is 11.8 Å². The zero-order valence-electron chi connectivity index (χ0n) is 20.1. The molecule has 0 fully saturated rings. The van der Waals surface area contributed by atoms with Crippen LogP contribution in [0.3, 0.4) is 0 Å². The number of hydrogen-bond donors (Lipinski definition) is 1. The van der Waals surface area contributed by atoms with Crippen molar-refractivity contribution in [2.45, 2.75) is 0 Å². The molecule has 0 radical (unpaired) electrons. The van der Waals surface area contributed by atoms with Crippen LogP contribution in [0.25, 0.3) is 54.3 Å². The Bertz CT molecular complexity index is 2060. The van der Waals surface area contributed by atoms with Gasteiger partial charge < -0.3 is 5.73 Å². The van der Waals surface area contributed by atoms with Crippen LogP contribution in [0.2, 0.25) is 0 Å². The third-order valence-electron chi connectivity index (χ3n) is 7.75. The Morgan fingerprint density at radius 2 is 1.21 bits per heavy atom. The quantitative estimate of drug-likeness (QED) is 0.121. The number of aromatic nitrogens is 1. The van der Waals surface area contributed by atoms with Gasteiger partial charge in [-0.3, -0.25) is 14.6 Å². The number of nitrogen functional groups attached to an aromatic ring is 1. The Morgan fingerprint density at radius 3 is 1.95 bits per heavy atom. The molecule has 0 aliphatic carbocycles. The van der Waals surface area contributed by atoms with Crippen molar-refractivity contribution >= 4 is 66.3 Å². The number of fused-ring (bicyclic) bond motifs is 2. The van der Waals surface area contributed by atoms with E-state index in [4.69, 9.17) is 5.73 Å². The largest absolute Gasteiger partial charge is 0.398 e. The Kier molecular flexibility index (Phi) is 4.04. The third kappa shape index (κ3) is 2.62. The van der Waals surface area contributed by atoms with Gasteiger partial charge in [0.2, 0.25) is 0 Å². The van der Waals surface area contributed by atoms with Gasteiger partial charge in [-0.2, -0.15) is 0 Å². The van der Waals surface area contributed by atoms with Crippen LogP contribution in [0.4, 0.5) is 11.4 Å². The number of carbonyl (C=O) groups excluding carboxylic acids is 2. The summed E-state index contributed by atoms with van der Waals surface area (Å²) in [4.78, 5) is 33.6. The van der Waals surface area contributed by atoms with Crippen LogP contribution in [0.5, 0.6) is 0 Å². The van der Waals surface area contributed by atoms with Crippen LogP contribution < -0.4 is 10.6 Å². The van der Waals surface area contributed by atoms with Crippen molar-refractivity contribution in [2.24, 2.45) is 0 Å². The van der Waals surface area contributed by atoms with E-state index in [-0.39, 0.29) is 11.8 Å². The molecular weight excluding hydrogens is 470 g/mol. The number of carbonyl (C=O) groups is 2. The lowest BCUT2D eigenvalue weighted by atomic mass is 9.84. The molecule has 7 aromatic rings. The van der Waals surface area contributed by atoms with Gasteiger partial charge in [0.1, 0.15) is 0 Å². The molecule has 5 nitrogen and oxygen atoms in total. The number of amides is 2. The second-order valence-corrected chi connectivity index (χ2v) is 9.71. The summed E-state index contributed by atoms with van der Waals surface area (Å²) in [7, 11) is 0. The van der Waals surface area contributed by atoms with Crippen LogP contribution in [0.15, 0.2) is 103 Å². The molecule has 2 heterocycles. The topological polar surface area (TPSA) is 76.3 Å². The molecule has 8 rings (SSSR count). The molecule has 38 heavy (non-hydrogen) atoms. The van der Waals surface area contributed by atoms with E-state index in [9.17, 15) is 9.59 Å². The van der Waals surface area contributed by atoms with Crippen LogP contribution >= 0.6 is 0 Å². The van der Waals surface area contributed by atoms with Crippen molar-refractivity contribution in [1.29, 1.82) is 0 Å². The summed E-state index contributed by atoms with van der Waals surface area (Å²) in [5.74, 6) is -0.671. The molecule has 178 valence electrons. The van der Waals surface area contributed by atoms with Gasteiger partial charge in [0.05, 0.1) is 11.4 Å². The van der Waals surface area contributed by atoms with Crippen molar-refractivity contribution in [3.05, 3.63) is 114 Å². The lowest BCUT2D eigenvalue weighted by Crippen LogP contribution is -2.40. The van der Waals surface area contributed by atoms with E-state index in [1.807, 2.05) is 78.9 Å². The lowest BCUT2D eigenvalue weighted by molar-refractivity contribution is 0.0893. The van der Waals surface area contributed by atoms with E-state index < -0.39 is 0 Å². The maximum absolute atomic E-state index is 13.9. The lowest BCUT2D eigenvalue weighted by Gasteiger charge is -2.28. The maximum Gasteiger partial charge on any atom is 0.265 e. The number of rotatable bonds is 2. The highest BCUT2D eigenvalue weighted by Gasteiger charge is 2.35. The first kappa shape index (κ1) is 20.9. The fourth-order valence-corrected chi connectivity index (χ4v) is 6.07. The minimum atomic E-state index is -0.335. The van der Waals surface area contributed by atoms with E-state index in [1.54, 1.807) is 18.3 Å². The summed E-state index contributed by atoms with van der Waals surface area (Å²) in [5.41, 5.74) is 10.2. The predicted octanol–water partition coefficient (Wildman–Crippen LogP) is 7.18. The fraction of sp³-hybridized carbons (Fsp3) is 0. The summed E-state index contributed by atoms with van der Waals surface area (Å²) < 4.78 is 0. The summed E-state index contributed by atoms with van der Waals surface area (Å²) in [6, 6.07) is 31.0. The van der Waals surface area contributed by atoms with Crippen molar-refractivity contribution in [1.82, 2.24) is 4.98 Å². The van der Waals surface area contributed by atoms with Crippen LogP contribution in [-0.4, -0.2) is 16.8 Å². The number of benzene rings is 6. The Hall–Kier alpha value is -5.29. The number of nitrogens with zero attached hydrogens (tertiary/aromatic N) is 2. The van der Waals surface area contributed by atoms with E-state index >= 15 is 0 Å². The molecule has 6 aromatic carbocycles. The SMILES string of the molecule is Nc1ccc2c3ccc4c5c(ccc(c6cccc1c62)c53)C(=O)N(c1ccnc(-c2ccccc2)c1)C4=O. The zero-order chi connectivity index (χ0) is 25.5. The van der Waals surface area contributed by atoms with E-state index in [1.165, 1.54) is 4.90 Å². The minimum absolute atomic E-state index is 0.335. The van der Waals surface area contributed by atoms with Gasteiger partial charge in [0, 0.05) is 39.3 Å². The van der Waals surface area contributed by atoms with Gasteiger partial charge in [-0.25, -0.2) is 4.90 Å². The molecule has 2 amide bonds. The first-order valence-electron chi connectivity index (χ1n) is 12.4. The second-order valence-electron chi connectivity index (χ2n) is 9.71. The number of pyridine rings is 1. The molecule has 5 heteroatoms. The van der Waals surface area contributed by atoms with Crippen molar-refractivity contribution in [3.63, 3.8) is 0 Å². The summed E-state index contributed by atoms with van der Waals surface area (Å²) >= 11 is 0. The summed E-state index contributed by atoms with van der Waals surface area (Å²) in [5, 5.41) is 7.89. The average molecular weight is 490 g/mol. The molecule has 1 aromatic heterocycles. The molecule has 0 spiro atoms. The van der Waals surface area contributed by atoms with E-state index in [0.29, 0.717) is 27.9 Å². The van der Waals surface area contributed by atoms with Crippen LogP contribution in [0.1, 0.15) is 20.7 Å². The number of anilines is 2. The second kappa shape index (κ2) is 7.37. The Labute approximate surface area is 217 Å². The Morgan fingerprint density at radius 1 is 0.579 bits per heavy atom. The number of nitrogens with two attached hydrogens (primary N) is 1. The molecule has 1 aliphatic rings. The van der Waals surface area contributed by atoms with E-state index in [0.717, 1.165) is 49.0 Å². The average Bonchev–Trinajstić information content (AvgIpc) is 2.96. The highest BCUT2D eigenvalue weighted by atomic mass is 16.2. The third-order valence-corrected chi connectivity index (χ3v) is 7.75. The first-order valence-corrected chi connectivity index (χ1v) is 12.4. The van der Waals surface area contributed by atoms with Crippen LogP contribution in [-0.2, 0) is 0 Å². The molecule has 0 saturated heterocycles. The van der Waals surface area contributed by atoms with Crippen LogP contribution in [0, 0.1) is 0 Å². The van der Waals surface area contributed by atoms with Gasteiger partial charge in [-0.1, -0.05) is 66.7 Å². The molecule has 0 atom stereocenters. The summed E-state index contributed by atoms with van der Waals surface area (Å²) in [6.07, 6.45) is 1.64. The molecule has 2 N–H and O–H groups in total. The van der Waals surface area contributed by atoms with Gasteiger partial charge in [-0.05, 0) is 62.6 Å². The predicted molar refractivity (Wildman–Crippen MR) is 153 cm³/mol. The molecule has 1 aliphatic heterocycles. The van der Waals surface area contributed by atoms with Gasteiger partial charge in [0.15, 0.2) is 0 Å². The Balaban J connectivity index is 1.39. The maximum atomic E-state index is 13.9. The zero-order valence-corrected chi connectivity index (χ0v) is 20.1. The van der Waals surface area contributed by atoms with E-state index in [2.05, 4.69) is 11.1 Å². The smallest absolute Gasteiger partial charge is 0.265 e. The number of imide groups is 1. The first-order chi connectivity index (χ1) is 18.6. The van der Waals surface area contributed by atoms with Crippen molar-refractivity contribution in [3.8, 4) is 11.3 Å². The normalized spacial score (nSPS) is 13.4. The standard InChI is InChI=1S/C33H19N3O2/c34-27-14-13-21-23-10-12-26-31-25(11-9-22(30(23)31)20-7-4-8-24(27)29(20)21)32(37)36(33(26)38)19-15-16-35-28(17-19)18-5-2-1-3-6-18/h1-17H,34H2. The minimum Gasteiger partial charge on any atom is -0.398 e. The highest BCUT2D eigenvalue weighted by molar-refractivity contribution is 6.42. The van der Waals surface area contributed by atoms with Crippen molar-refractivity contribution < 1.29 is 9.59 Å². The summed E-state index contributed by atoms with van der Waals surface area (Å²) in [6.45, 7) is 0. The molecular formula is C33H19N3O2. The highest BCUT2D eigenvalue weighted by Crippen LogP contribution is 2.45. The molecule has 0 unspecified atom stereocenters. The molecule has 0 bridgehead atoms. The molecule has 0 saturated carbocycles. The number of hydrogen-bond acceptors (Lipinski definition) is 4. The van der Waals surface area contributed by atoms with Gasteiger partial charge >= 0.3 is 0 Å². The fourth-order valence-electron chi connectivity index (χ4n) is 6.07. The van der Waals surface area contributed by atoms with Gasteiger partial charge in [-0.15, -0.1) is 0 Å².